The van der Waals surface area contributed by atoms with Crippen molar-refractivity contribution in [3.05, 3.63) is 74.4 Å². The number of nitrogens with zero attached hydrogens (tertiary/aromatic N) is 2. The van der Waals surface area contributed by atoms with Crippen LogP contribution in [0, 0.1) is 0 Å². The lowest BCUT2D eigenvalue weighted by Crippen LogP contribution is -2.28. The van der Waals surface area contributed by atoms with Crippen LogP contribution in [0.3, 0.4) is 0 Å². The summed E-state index contributed by atoms with van der Waals surface area (Å²) in [7, 11) is 1.53. The molecule has 30 heavy (non-hydrogen) atoms. The molecule has 2 aromatic carbocycles. The highest BCUT2D eigenvalue weighted by atomic mass is 35.5. The third kappa shape index (κ3) is 3.91. The lowest BCUT2D eigenvalue weighted by atomic mass is 10.3. The van der Waals surface area contributed by atoms with Crippen LogP contribution in [0.2, 0.25) is 5.02 Å². The molecule has 2 aromatic heterocycles. The van der Waals surface area contributed by atoms with Gasteiger partial charge in [-0.25, -0.2) is 19.1 Å². The van der Waals surface area contributed by atoms with Gasteiger partial charge in [-0.3, -0.25) is 15.1 Å². The molecule has 11 heteroatoms. The molecular formula is C19H14ClN5O4S. The predicted molar refractivity (Wildman–Crippen MR) is 116 cm³/mol. The number of rotatable bonds is 4. The fourth-order valence-corrected chi connectivity index (χ4v) is 3.80. The fraction of sp³-hybridized carbons (Fsp3) is 0.0526. The van der Waals surface area contributed by atoms with Gasteiger partial charge < -0.3 is 10.1 Å². The number of urea groups is 1. The maximum atomic E-state index is 12.4. The summed E-state index contributed by atoms with van der Waals surface area (Å²) >= 11 is 6.86. The van der Waals surface area contributed by atoms with Gasteiger partial charge in [-0.1, -0.05) is 29.0 Å². The van der Waals surface area contributed by atoms with Gasteiger partial charge in [-0.2, -0.15) is 0 Å². The molecule has 0 radical (unpaired) electrons. The molecule has 0 atom stereocenters. The summed E-state index contributed by atoms with van der Waals surface area (Å²) in [5, 5.41) is 5.82. The number of ether oxygens (including phenoxy) is 1. The topological polar surface area (TPSA) is 118 Å². The van der Waals surface area contributed by atoms with Crippen molar-refractivity contribution in [2.75, 3.05) is 17.7 Å². The van der Waals surface area contributed by atoms with E-state index in [2.05, 4.69) is 20.6 Å². The first-order valence-electron chi connectivity index (χ1n) is 8.58. The standard InChI is InChI=1S/C19H14ClN5O4S/c1-29-13-7-5-12(6-8-13)25-15-14(16(26)23-19(25)28)30-18(22-15)24-17(27)21-11-4-2-3-10(20)9-11/h2-9H,1H3,(H,23,26,28)(H2,21,22,24,27). The number of fused-ring (bicyclic) bond motifs is 1. The Hall–Kier alpha value is -3.63. The summed E-state index contributed by atoms with van der Waals surface area (Å²) in [4.78, 5) is 43.5. The quantitative estimate of drug-likeness (QED) is 0.446. The molecule has 3 N–H and O–H groups in total. The Kier molecular flexibility index (Phi) is 5.25. The number of carbonyl (C=O) groups is 1. The Balaban J connectivity index is 1.69. The number of halogens is 1. The SMILES string of the molecule is COc1ccc(-n2c(=O)[nH]c(=O)c3sc(NC(=O)Nc4cccc(Cl)c4)nc32)cc1. The maximum absolute atomic E-state index is 12.4. The van der Waals surface area contributed by atoms with E-state index in [9.17, 15) is 14.4 Å². The van der Waals surface area contributed by atoms with Crippen molar-refractivity contribution in [1.29, 1.82) is 0 Å². The Morgan fingerprint density at radius 2 is 1.93 bits per heavy atom. The van der Waals surface area contributed by atoms with E-state index < -0.39 is 17.3 Å². The van der Waals surface area contributed by atoms with Gasteiger partial charge in [-0.05, 0) is 42.5 Å². The number of carbonyl (C=O) groups excluding carboxylic acids is 1. The van der Waals surface area contributed by atoms with Crippen molar-refractivity contribution < 1.29 is 9.53 Å². The van der Waals surface area contributed by atoms with Crippen molar-refractivity contribution in [2.24, 2.45) is 0 Å². The minimum atomic E-state index is -0.641. The molecule has 0 aliphatic rings. The van der Waals surface area contributed by atoms with Gasteiger partial charge in [0.15, 0.2) is 10.8 Å². The smallest absolute Gasteiger partial charge is 0.334 e. The summed E-state index contributed by atoms with van der Waals surface area (Å²) < 4.78 is 6.58. The average Bonchev–Trinajstić information content (AvgIpc) is 3.12. The fourth-order valence-electron chi connectivity index (χ4n) is 2.77. The normalized spacial score (nSPS) is 10.7. The molecule has 0 spiro atoms. The lowest BCUT2D eigenvalue weighted by molar-refractivity contribution is 0.262. The van der Waals surface area contributed by atoms with Gasteiger partial charge in [0, 0.05) is 10.7 Å². The number of anilines is 2. The summed E-state index contributed by atoms with van der Waals surface area (Å²) in [6.45, 7) is 0. The molecule has 2 heterocycles. The number of amides is 2. The number of hydrogen-bond acceptors (Lipinski definition) is 6. The summed E-state index contributed by atoms with van der Waals surface area (Å²) in [5.74, 6) is 0.616. The first-order chi connectivity index (χ1) is 14.4. The first-order valence-corrected chi connectivity index (χ1v) is 9.78. The molecule has 0 aliphatic heterocycles. The molecule has 4 aromatic rings. The van der Waals surface area contributed by atoms with Gasteiger partial charge in [0.2, 0.25) is 0 Å². The van der Waals surface area contributed by atoms with Crippen molar-refractivity contribution in [3.63, 3.8) is 0 Å². The zero-order chi connectivity index (χ0) is 21.3. The third-order valence-corrected chi connectivity index (χ3v) is 5.28. The van der Waals surface area contributed by atoms with Crippen LogP contribution in [0.25, 0.3) is 16.0 Å². The third-order valence-electron chi connectivity index (χ3n) is 4.08. The molecule has 0 fully saturated rings. The number of methoxy groups -OCH3 is 1. The molecule has 2 amide bonds. The van der Waals surface area contributed by atoms with Crippen molar-refractivity contribution >= 4 is 50.1 Å². The Morgan fingerprint density at radius 3 is 2.63 bits per heavy atom. The second kappa shape index (κ2) is 8.01. The highest BCUT2D eigenvalue weighted by Gasteiger charge is 2.16. The van der Waals surface area contributed by atoms with Crippen LogP contribution in [0.15, 0.2) is 58.1 Å². The van der Waals surface area contributed by atoms with Crippen LogP contribution >= 0.6 is 22.9 Å². The van der Waals surface area contributed by atoms with E-state index in [1.165, 1.54) is 11.7 Å². The molecule has 0 saturated carbocycles. The highest BCUT2D eigenvalue weighted by Crippen LogP contribution is 2.25. The van der Waals surface area contributed by atoms with Crippen molar-refractivity contribution in [3.8, 4) is 11.4 Å². The van der Waals surface area contributed by atoms with Crippen LogP contribution in [-0.2, 0) is 0 Å². The van der Waals surface area contributed by atoms with Gasteiger partial charge in [-0.15, -0.1) is 0 Å². The number of H-pyrrole nitrogens is 1. The van der Waals surface area contributed by atoms with Crippen molar-refractivity contribution in [1.82, 2.24) is 14.5 Å². The van der Waals surface area contributed by atoms with E-state index in [-0.39, 0.29) is 15.5 Å². The zero-order valence-electron chi connectivity index (χ0n) is 15.4. The summed E-state index contributed by atoms with van der Waals surface area (Å²) in [6.07, 6.45) is 0. The van der Waals surface area contributed by atoms with E-state index in [1.54, 1.807) is 48.5 Å². The van der Waals surface area contributed by atoms with Gasteiger partial charge in [0.25, 0.3) is 5.56 Å². The minimum absolute atomic E-state index is 0.136. The predicted octanol–water partition coefficient (Wildman–Crippen LogP) is 3.44. The minimum Gasteiger partial charge on any atom is -0.497 e. The number of benzene rings is 2. The van der Waals surface area contributed by atoms with E-state index in [0.29, 0.717) is 22.1 Å². The largest absolute Gasteiger partial charge is 0.497 e. The van der Waals surface area contributed by atoms with E-state index in [0.717, 1.165) is 11.3 Å². The number of aromatic amines is 1. The van der Waals surface area contributed by atoms with E-state index in [1.807, 2.05) is 0 Å². The second-order valence-corrected chi connectivity index (χ2v) is 7.49. The van der Waals surface area contributed by atoms with Crippen LogP contribution in [-0.4, -0.2) is 27.7 Å². The van der Waals surface area contributed by atoms with Crippen molar-refractivity contribution in [2.45, 2.75) is 0 Å². The van der Waals surface area contributed by atoms with E-state index in [4.69, 9.17) is 16.3 Å². The van der Waals surface area contributed by atoms with Crippen LogP contribution in [0.1, 0.15) is 0 Å². The Labute approximate surface area is 177 Å². The molecule has 0 saturated heterocycles. The van der Waals surface area contributed by atoms with Crippen LogP contribution < -0.4 is 26.6 Å². The molecule has 9 nitrogen and oxygen atoms in total. The van der Waals surface area contributed by atoms with Crippen LogP contribution in [0.5, 0.6) is 5.75 Å². The molecule has 0 unspecified atom stereocenters. The molecule has 152 valence electrons. The maximum Gasteiger partial charge on any atom is 0.334 e. The monoisotopic (exact) mass is 443 g/mol. The van der Waals surface area contributed by atoms with Crippen LogP contribution in [0.4, 0.5) is 15.6 Å². The zero-order valence-corrected chi connectivity index (χ0v) is 17.0. The molecule has 0 aliphatic carbocycles. The Morgan fingerprint density at radius 1 is 1.17 bits per heavy atom. The highest BCUT2D eigenvalue weighted by molar-refractivity contribution is 7.22. The van der Waals surface area contributed by atoms with E-state index >= 15 is 0 Å². The summed E-state index contributed by atoms with van der Waals surface area (Å²) in [6, 6.07) is 12.8. The lowest BCUT2D eigenvalue weighted by Gasteiger charge is -2.07. The van der Waals surface area contributed by atoms with Gasteiger partial charge in [0.05, 0.1) is 12.8 Å². The molecular weight excluding hydrogens is 430 g/mol. The Bertz CT molecular complexity index is 1360. The number of nitrogens with one attached hydrogen (secondary N) is 3. The number of aromatic nitrogens is 3. The molecule has 0 bridgehead atoms. The second-order valence-electron chi connectivity index (χ2n) is 6.05. The average molecular weight is 444 g/mol. The molecule has 4 rings (SSSR count). The number of hydrogen-bond donors (Lipinski definition) is 3. The first kappa shape index (κ1) is 19.7. The number of thiazole rings is 1. The van der Waals surface area contributed by atoms with Gasteiger partial charge >= 0.3 is 11.7 Å². The van der Waals surface area contributed by atoms with Gasteiger partial charge in [0.1, 0.15) is 10.4 Å². The summed E-state index contributed by atoms with van der Waals surface area (Å²) in [5.41, 5.74) is -0.105.